The minimum Gasteiger partial charge on any atom is -0.388 e. The van der Waals surface area contributed by atoms with E-state index in [0.717, 1.165) is 11.1 Å². The lowest BCUT2D eigenvalue weighted by Crippen LogP contribution is -2.04. The summed E-state index contributed by atoms with van der Waals surface area (Å²) in [6.45, 7) is 0. The number of ether oxygens (including phenoxy) is 2. The Bertz CT molecular complexity index is 1150. The highest BCUT2D eigenvalue weighted by Gasteiger charge is 2.19. The van der Waals surface area contributed by atoms with Crippen molar-refractivity contribution >= 4 is 10.8 Å². The molecule has 0 unspecified atom stereocenters. The molecule has 0 radical (unpaired) electrons. The maximum absolute atomic E-state index is 8.74. The summed E-state index contributed by atoms with van der Waals surface area (Å²) >= 11 is 0. The SMILES string of the molecule is N#COc1ccc(C(c2ccc(OC#N)cc2)c2cccc3ccccc23)cc1. The van der Waals surface area contributed by atoms with E-state index in [-0.39, 0.29) is 5.92 Å². The molecule has 0 saturated heterocycles. The van der Waals surface area contributed by atoms with E-state index in [2.05, 4.69) is 30.3 Å². The normalized spacial score (nSPS) is 10.3. The van der Waals surface area contributed by atoms with Crippen LogP contribution < -0.4 is 9.47 Å². The fraction of sp³-hybridized carbons (Fsp3) is 0.0400. The Labute approximate surface area is 168 Å². The van der Waals surface area contributed by atoms with Crippen molar-refractivity contribution in [3.05, 3.63) is 108 Å². The third kappa shape index (κ3) is 3.74. The fourth-order valence-electron chi connectivity index (χ4n) is 3.62. The molecule has 0 aromatic heterocycles. The lowest BCUT2D eigenvalue weighted by Gasteiger charge is -2.21. The standard InChI is InChI=1S/C25H16N2O2/c26-16-28-21-12-8-19(9-13-21)25(20-10-14-22(15-11-20)29-17-27)24-7-3-5-18-4-1-2-6-23(18)24/h1-15,25H. The van der Waals surface area contributed by atoms with Crippen LogP contribution in [0, 0.1) is 23.0 Å². The smallest absolute Gasteiger partial charge is 0.292 e. The van der Waals surface area contributed by atoms with Gasteiger partial charge in [0.05, 0.1) is 0 Å². The van der Waals surface area contributed by atoms with Gasteiger partial charge < -0.3 is 9.47 Å². The second kappa shape index (κ2) is 8.17. The van der Waals surface area contributed by atoms with Gasteiger partial charge in [0.15, 0.2) is 0 Å². The predicted octanol–water partition coefficient (Wildman–Crippen LogP) is 5.74. The molecule has 0 spiro atoms. The van der Waals surface area contributed by atoms with Gasteiger partial charge in [0.2, 0.25) is 0 Å². The highest BCUT2D eigenvalue weighted by Crippen LogP contribution is 2.37. The summed E-state index contributed by atoms with van der Waals surface area (Å²) in [4.78, 5) is 0. The van der Waals surface area contributed by atoms with E-state index >= 15 is 0 Å². The number of rotatable bonds is 5. The van der Waals surface area contributed by atoms with Crippen molar-refractivity contribution in [3.63, 3.8) is 0 Å². The summed E-state index contributed by atoms with van der Waals surface area (Å²) in [6, 6.07) is 29.7. The molecule has 4 rings (SSSR count). The van der Waals surface area contributed by atoms with E-state index in [1.807, 2.05) is 36.4 Å². The van der Waals surface area contributed by atoms with Gasteiger partial charge in [0.1, 0.15) is 11.5 Å². The summed E-state index contributed by atoms with van der Waals surface area (Å²) in [5, 5.41) is 19.8. The molecule has 0 aliphatic heterocycles. The van der Waals surface area contributed by atoms with E-state index in [9.17, 15) is 0 Å². The zero-order chi connectivity index (χ0) is 20.1. The van der Waals surface area contributed by atoms with Gasteiger partial charge in [0, 0.05) is 5.92 Å². The molecular formula is C25H16N2O2. The van der Waals surface area contributed by atoms with E-state index in [1.165, 1.54) is 16.3 Å². The van der Waals surface area contributed by atoms with Crippen molar-refractivity contribution in [2.24, 2.45) is 0 Å². The van der Waals surface area contributed by atoms with Gasteiger partial charge in [-0.1, -0.05) is 66.7 Å². The Morgan fingerprint density at radius 3 is 1.66 bits per heavy atom. The Balaban J connectivity index is 1.87. The first kappa shape index (κ1) is 18.1. The average molecular weight is 376 g/mol. The van der Waals surface area contributed by atoms with Crippen molar-refractivity contribution in [3.8, 4) is 24.0 Å². The van der Waals surface area contributed by atoms with E-state index in [0.29, 0.717) is 11.5 Å². The Kier molecular flexibility index (Phi) is 5.10. The van der Waals surface area contributed by atoms with Gasteiger partial charge in [-0.3, -0.25) is 0 Å². The Morgan fingerprint density at radius 2 is 1.10 bits per heavy atom. The number of nitrogens with zero attached hydrogens (tertiary/aromatic N) is 2. The van der Waals surface area contributed by atoms with Crippen LogP contribution in [0.15, 0.2) is 91.0 Å². The second-order valence-corrected chi connectivity index (χ2v) is 6.53. The summed E-state index contributed by atoms with van der Waals surface area (Å²) < 4.78 is 9.85. The van der Waals surface area contributed by atoms with Crippen LogP contribution in [0.2, 0.25) is 0 Å². The summed E-state index contributed by atoms with van der Waals surface area (Å²) in [5.41, 5.74) is 3.31. The van der Waals surface area contributed by atoms with Crippen molar-refractivity contribution in [2.75, 3.05) is 0 Å². The summed E-state index contributed by atoms with van der Waals surface area (Å²) in [6.07, 6.45) is 3.40. The Morgan fingerprint density at radius 1 is 0.586 bits per heavy atom. The molecule has 0 N–H and O–H groups in total. The number of fused-ring (bicyclic) bond motifs is 1. The molecule has 29 heavy (non-hydrogen) atoms. The van der Waals surface area contributed by atoms with Crippen molar-refractivity contribution in [1.82, 2.24) is 0 Å². The molecule has 0 atom stereocenters. The molecule has 0 fully saturated rings. The molecular weight excluding hydrogens is 360 g/mol. The molecule has 4 nitrogen and oxygen atoms in total. The van der Waals surface area contributed by atoms with Gasteiger partial charge in [0.25, 0.3) is 12.5 Å². The van der Waals surface area contributed by atoms with Crippen LogP contribution in [0.25, 0.3) is 10.8 Å². The van der Waals surface area contributed by atoms with Crippen LogP contribution >= 0.6 is 0 Å². The van der Waals surface area contributed by atoms with Crippen molar-refractivity contribution < 1.29 is 9.47 Å². The molecule has 4 aromatic carbocycles. The van der Waals surface area contributed by atoms with E-state index in [4.69, 9.17) is 20.0 Å². The molecule has 0 saturated carbocycles. The molecule has 0 heterocycles. The Hall–Kier alpha value is -4.28. The number of hydrogen-bond acceptors (Lipinski definition) is 4. The maximum atomic E-state index is 8.74. The highest BCUT2D eigenvalue weighted by molar-refractivity contribution is 5.87. The first-order chi connectivity index (χ1) is 14.3. The lowest BCUT2D eigenvalue weighted by molar-refractivity contribution is 0.507. The van der Waals surface area contributed by atoms with Gasteiger partial charge >= 0.3 is 0 Å². The van der Waals surface area contributed by atoms with Crippen LogP contribution in [-0.2, 0) is 0 Å². The lowest BCUT2D eigenvalue weighted by atomic mass is 9.83. The molecule has 4 aromatic rings. The molecule has 4 heteroatoms. The molecule has 0 aliphatic rings. The van der Waals surface area contributed by atoms with Crippen LogP contribution in [-0.4, -0.2) is 0 Å². The minimum atomic E-state index is -0.0339. The fourth-order valence-corrected chi connectivity index (χ4v) is 3.62. The molecule has 0 amide bonds. The number of hydrogen-bond donors (Lipinski definition) is 0. The average Bonchev–Trinajstić information content (AvgIpc) is 2.77. The first-order valence-electron chi connectivity index (χ1n) is 9.09. The first-order valence-corrected chi connectivity index (χ1v) is 9.09. The second-order valence-electron chi connectivity index (χ2n) is 6.53. The van der Waals surface area contributed by atoms with Crippen molar-refractivity contribution in [1.29, 1.82) is 10.5 Å². The quantitative estimate of drug-likeness (QED) is 0.329. The van der Waals surface area contributed by atoms with Crippen LogP contribution in [0.5, 0.6) is 11.5 Å². The van der Waals surface area contributed by atoms with Crippen LogP contribution in [0.4, 0.5) is 0 Å². The monoisotopic (exact) mass is 376 g/mol. The minimum absolute atomic E-state index is 0.0339. The zero-order valence-corrected chi connectivity index (χ0v) is 15.4. The zero-order valence-electron chi connectivity index (χ0n) is 15.4. The number of nitriles is 2. The summed E-state index contributed by atoms with van der Waals surface area (Å²) in [5.74, 6) is 0.977. The maximum Gasteiger partial charge on any atom is 0.292 e. The number of benzene rings is 4. The van der Waals surface area contributed by atoms with E-state index < -0.39 is 0 Å². The van der Waals surface area contributed by atoms with Gasteiger partial charge in [-0.15, -0.1) is 10.5 Å². The molecule has 138 valence electrons. The van der Waals surface area contributed by atoms with Crippen LogP contribution in [0.3, 0.4) is 0 Å². The third-order valence-electron chi connectivity index (χ3n) is 4.89. The van der Waals surface area contributed by atoms with Gasteiger partial charge in [-0.2, -0.15) is 0 Å². The van der Waals surface area contributed by atoms with Crippen LogP contribution in [0.1, 0.15) is 22.6 Å². The van der Waals surface area contributed by atoms with Gasteiger partial charge in [-0.05, 0) is 51.7 Å². The molecule has 0 bridgehead atoms. The van der Waals surface area contributed by atoms with E-state index in [1.54, 1.807) is 36.8 Å². The topological polar surface area (TPSA) is 66.0 Å². The third-order valence-corrected chi connectivity index (χ3v) is 4.89. The van der Waals surface area contributed by atoms with Crippen molar-refractivity contribution in [2.45, 2.75) is 5.92 Å². The largest absolute Gasteiger partial charge is 0.388 e. The highest BCUT2D eigenvalue weighted by atomic mass is 16.5. The molecule has 0 aliphatic carbocycles. The predicted molar refractivity (Wildman–Crippen MR) is 110 cm³/mol. The van der Waals surface area contributed by atoms with Gasteiger partial charge in [-0.25, -0.2) is 0 Å². The summed E-state index contributed by atoms with van der Waals surface area (Å²) in [7, 11) is 0.